The Kier molecular flexibility index (Phi) is 3.52. The molecule has 7 heteroatoms. The van der Waals surface area contributed by atoms with Crippen molar-refractivity contribution in [3.8, 4) is 5.88 Å². The Balaban J connectivity index is 2.26. The van der Waals surface area contributed by atoms with E-state index in [1.54, 1.807) is 37.6 Å². The second-order valence-electron chi connectivity index (χ2n) is 5.38. The molecule has 0 aliphatic carbocycles. The van der Waals surface area contributed by atoms with Crippen molar-refractivity contribution < 1.29 is 14.3 Å². The number of ether oxygens (including phenoxy) is 2. The Bertz CT molecular complexity index is 643. The monoisotopic (exact) mass is 278 g/mol. The molecule has 1 amide bonds. The summed E-state index contributed by atoms with van der Waals surface area (Å²) in [6, 6.07) is 0. The van der Waals surface area contributed by atoms with Gasteiger partial charge in [-0.25, -0.2) is 14.8 Å². The highest BCUT2D eigenvalue weighted by atomic mass is 16.6. The van der Waals surface area contributed by atoms with E-state index in [0.29, 0.717) is 17.3 Å². The van der Waals surface area contributed by atoms with Crippen LogP contribution in [-0.4, -0.2) is 33.2 Å². The molecule has 2 aromatic heterocycles. The van der Waals surface area contributed by atoms with Crippen LogP contribution in [0.2, 0.25) is 0 Å². The summed E-state index contributed by atoms with van der Waals surface area (Å²) >= 11 is 0. The van der Waals surface area contributed by atoms with Crippen molar-refractivity contribution in [1.82, 2.24) is 14.4 Å². The van der Waals surface area contributed by atoms with Crippen LogP contribution in [0.4, 0.5) is 10.6 Å². The first-order valence-electron chi connectivity index (χ1n) is 6.19. The molecule has 0 aromatic carbocycles. The minimum Gasteiger partial charge on any atom is -0.478 e. The van der Waals surface area contributed by atoms with Crippen LogP contribution in [0.1, 0.15) is 26.5 Å². The molecule has 0 radical (unpaired) electrons. The molecular weight excluding hydrogens is 260 g/mol. The van der Waals surface area contributed by atoms with Crippen molar-refractivity contribution in [2.75, 3.05) is 12.4 Å². The lowest BCUT2D eigenvalue weighted by atomic mass is 10.2. The second-order valence-corrected chi connectivity index (χ2v) is 5.38. The Labute approximate surface area is 116 Å². The molecule has 0 bridgehead atoms. The van der Waals surface area contributed by atoms with Gasteiger partial charge in [0, 0.05) is 6.20 Å². The van der Waals surface area contributed by atoms with Crippen LogP contribution < -0.4 is 10.1 Å². The lowest BCUT2D eigenvalue weighted by Crippen LogP contribution is -2.27. The van der Waals surface area contributed by atoms with E-state index < -0.39 is 11.7 Å². The molecule has 0 aliphatic heterocycles. The molecule has 108 valence electrons. The Morgan fingerprint density at radius 2 is 2.00 bits per heavy atom. The largest absolute Gasteiger partial charge is 0.478 e. The molecular formula is C13H18N4O3. The Morgan fingerprint density at radius 3 is 2.60 bits per heavy atom. The van der Waals surface area contributed by atoms with Gasteiger partial charge in [0.25, 0.3) is 5.88 Å². The van der Waals surface area contributed by atoms with Crippen LogP contribution in [0.5, 0.6) is 5.88 Å². The Morgan fingerprint density at radius 1 is 1.30 bits per heavy atom. The fourth-order valence-corrected chi connectivity index (χ4v) is 1.70. The maximum atomic E-state index is 11.7. The van der Waals surface area contributed by atoms with Crippen LogP contribution in [0, 0.1) is 6.92 Å². The van der Waals surface area contributed by atoms with Gasteiger partial charge < -0.3 is 9.47 Å². The number of rotatable bonds is 2. The van der Waals surface area contributed by atoms with E-state index in [2.05, 4.69) is 15.3 Å². The number of nitrogens with one attached hydrogen (secondary N) is 1. The van der Waals surface area contributed by atoms with Crippen LogP contribution in [0.15, 0.2) is 12.4 Å². The fraction of sp³-hybridized carbons (Fsp3) is 0.462. The molecule has 0 atom stereocenters. The summed E-state index contributed by atoms with van der Waals surface area (Å²) in [5.41, 5.74) is 0.763. The van der Waals surface area contributed by atoms with Gasteiger partial charge in [-0.1, -0.05) is 0 Å². The number of fused-ring (bicyclic) bond motifs is 1. The van der Waals surface area contributed by atoms with E-state index >= 15 is 0 Å². The highest BCUT2D eigenvalue weighted by Gasteiger charge is 2.18. The fourth-order valence-electron chi connectivity index (χ4n) is 1.70. The summed E-state index contributed by atoms with van der Waals surface area (Å²) in [7, 11) is 1.53. The average molecular weight is 278 g/mol. The van der Waals surface area contributed by atoms with Gasteiger partial charge in [0.1, 0.15) is 5.60 Å². The summed E-state index contributed by atoms with van der Waals surface area (Å²) in [5, 5.41) is 2.58. The maximum absolute atomic E-state index is 11.7. The number of hydrogen-bond donors (Lipinski definition) is 1. The zero-order valence-electron chi connectivity index (χ0n) is 12.2. The van der Waals surface area contributed by atoms with Crippen molar-refractivity contribution in [1.29, 1.82) is 0 Å². The third kappa shape index (κ3) is 3.17. The van der Waals surface area contributed by atoms with Crippen LogP contribution in [-0.2, 0) is 4.74 Å². The third-order valence-corrected chi connectivity index (χ3v) is 2.35. The van der Waals surface area contributed by atoms with E-state index in [-0.39, 0.29) is 0 Å². The Hall–Kier alpha value is -2.31. The molecule has 7 nitrogen and oxygen atoms in total. The molecule has 2 aromatic rings. The first kappa shape index (κ1) is 14.1. The topological polar surface area (TPSA) is 77.8 Å². The molecule has 0 unspecified atom stereocenters. The van der Waals surface area contributed by atoms with E-state index in [9.17, 15) is 4.79 Å². The van der Waals surface area contributed by atoms with Crippen molar-refractivity contribution >= 4 is 17.6 Å². The quantitative estimate of drug-likeness (QED) is 0.912. The SMILES string of the molecule is COc1nc(C)cn2cc(NC(=O)OC(C)(C)C)nc12. The lowest BCUT2D eigenvalue weighted by molar-refractivity contribution is 0.0635. The first-order valence-corrected chi connectivity index (χ1v) is 6.19. The molecule has 1 N–H and O–H groups in total. The average Bonchev–Trinajstić information content (AvgIpc) is 2.66. The normalized spacial score (nSPS) is 11.4. The van der Waals surface area contributed by atoms with Crippen molar-refractivity contribution in [3.05, 3.63) is 18.1 Å². The van der Waals surface area contributed by atoms with Crippen molar-refractivity contribution in [2.24, 2.45) is 0 Å². The van der Waals surface area contributed by atoms with Gasteiger partial charge >= 0.3 is 6.09 Å². The number of methoxy groups -OCH3 is 1. The third-order valence-electron chi connectivity index (χ3n) is 2.35. The van der Waals surface area contributed by atoms with Crippen LogP contribution >= 0.6 is 0 Å². The molecule has 2 heterocycles. The molecule has 2 rings (SSSR count). The molecule has 20 heavy (non-hydrogen) atoms. The van der Waals surface area contributed by atoms with Gasteiger partial charge in [-0.2, -0.15) is 0 Å². The molecule has 0 fully saturated rings. The number of amides is 1. The van der Waals surface area contributed by atoms with Crippen LogP contribution in [0.25, 0.3) is 5.65 Å². The number of carbonyl (C=O) groups excluding carboxylic acids is 1. The second kappa shape index (κ2) is 4.99. The summed E-state index contributed by atoms with van der Waals surface area (Å²) in [4.78, 5) is 20.2. The van der Waals surface area contributed by atoms with E-state index in [0.717, 1.165) is 5.69 Å². The summed E-state index contributed by atoms with van der Waals surface area (Å²) in [6.07, 6.45) is 2.92. The van der Waals surface area contributed by atoms with Gasteiger partial charge in [-0.05, 0) is 27.7 Å². The number of carbonyl (C=O) groups is 1. The number of aromatic nitrogens is 3. The van der Waals surface area contributed by atoms with Gasteiger partial charge in [0.2, 0.25) is 5.65 Å². The number of nitrogens with zero attached hydrogens (tertiary/aromatic N) is 3. The zero-order chi connectivity index (χ0) is 14.9. The van der Waals surface area contributed by atoms with Gasteiger partial charge in [-0.3, -0.25) is 9.72 Å². The standard InChI is InChI=1S/C13H18N4O3/c1-8-6-17-7-9(15-10(17)11(14-8)19-5)16-12(18)20-13(2,3)4/h6-7H,1-5H3,(H,16,18). The number of imidazole rings is 1. The van der Waals surface area contributed by atoms with E-state index in [1.165, 1.54) is 7.11 Å². The maximum Gasteiger partial charge on any atom is 0.413 e. The predicted molar refractivity (Wildman–Crippen MR) is 74.1 cm³/mol. The number of hydrogen-bond acceptors (Lipinski definition) is 5. The lowest BCUT2D eigenvalue weighted by Gasteiger charge is -2.18. The predicted octanol–water partition coefficient (Wildman–Crippen LogP) is 2.39. The first-order chi connectivity index (χ1) is 9.28. The summed E-state index contributed by atoms with van der Waals surface area (Å²) < 4.78 is 12.1. The molecule has 0 saturated heterocycles. The minimum atomic E-state index is -0.556. The zero-order valence-corrected chi connectivity index (χ0v) is 12.2. The van der Waals surface area contributed by atoms with Gasteiger partial charge in [0.05, 0.1) is 19.0 Å². The highest BCUT2D eigenvalue weighted by Crippen LogP contribution is 2.19. The molecule has 0 saturated carbocycles. The van der Waals surface area contributed by atoms with Gasteiger partial charge in [-0.15, -0.1) is 0 Å². The number of anilines is 1. The van der Waals surface area contributed by atoms with Gasteiger partial charge in [0.15, 0.2) is 5.82 Å². The molecule has 0 aliphatic rings. The smallest absolute Gasteiger partial charge is 0.413 e. The molecule has 0 spiro atoms. The summed E-state index contributed by atoms with van der Waals surface area (Å²) in [5.74, 6) is 0.784. The highest BCUT2D eigenvalue weighted by molar-refractivity contribution is 5.84. The van der Waals surface area contributed by atoms with Crippen molar-refractivity contribution in [2.45, 2.75) is 33.3 Å². The van der Waals surface area contributed by atoms with Crippen LogP contribution in [0.3, 0.4) is 0 Å². The van der Waals surface area contributed by atoms with Crippen molar-refractivity contribution in [3.63, 3.8) is 0 Å². The minimum absolute atomic E-state index is 0.380. The van der Waals surface area contributed by atoms with E-state index in [4.69, 9.17) is 9.47 Å². The van der Waals surface area contributed by atoms with E-state index in [1.807, 2.05) is 6.92 Å². The number of aryl methyl sites for hydroxylation is 1. The summed E-state index contributed by atoms with van der Waals surface area (Å²) in [6.45, 7) is 7.24.